The van der Waals surface area contributed by atoms with Crippen LogP contribution in [0, 0.1) is 11.3 Å². The zero-order chi connectivity index (χ0) is 11.6. The van der Waals surface area contributed by atoms with E-state index in [1.165, 1.54) is 64.2 Å². The molecule has 0 aliphatic heterocycles. The van der Waals surface area contributed by atoms with E-state index in [2.05, 4.69) is 13.8 Å². The quantitative estimate of drug-likeness (QED) is 0.696. The summed E-state index contributed by atoms with van der Waals surface area (Å²) in [4.78, 5) is 0. The molecule has 1 unspecified atom stereocenters. The lowest BCUT2D eigenvalue weighted by molar-refractivity contribution is 0.264. The summed E-state index contributed by atoms with van der Waals surface area (Å²) in [5, 5.41) is 0. The Balaban J connectivity index is 1.90. The summed E-state index contributed by atoms with van der Waals surface area (Å²) in [6.45, 7) is 4.82. The highest BCUT2D eigenvalue weighted by atomic mass is 14.7. The average Bonchev–Trinajstić information content (AvgIpc) is 2.63. The standard InChI is InChI=1S/C15H29N/c1-14(2)8-5-9-15(16,11-10-14)12-13-6-3-4-7-13/h13H,3-12,16H2,1-2H3. The van der Waals surface area contributed by atoms with Crippen molar-refractivity contribution in [2.75, 3.05) is 0 Å². The lowest BCUT2D eigenvalue weighted by Gasteiger charge is -2.31. The first-order valence-corrected chi connectivity index (χ1v) is 7.28. The van der Waals surface area contributed by atoms with Crippen molar-refractivity contribution in [3.05, 3.63) is 0 Å². The molecule has 1 heteroatoms. The second-order valence-electron chi connectivity index (χ2n) is 7.23. The molecule has 94 valence electrons. The molecule has 0 spiro atoms. The molecule has 0 bridgehead atoms. The first kappa shape index (κ1) is 12.4. The molecular weight excluding hydrogens is 194 g/mol. The van der Waals surface area contributed by atoms with Crippen LogP contribution in [0.5, 0.6) is 0 Å². The largest absolute Gasteiger partial charge is 0.325 e. The summed E-state index contributed by atoms with van der Waals surface area (Å²) in [5.74, 6) is 0.950. The second-order valence-corrected chi connectivity index (χ2v) is 7.23. The Morgan fingerprint density at radius 3 is 2.31 bits per heavy atom. The minimum atomic E-state index is 0.183. The molecule has 0 aromatic rings. The van der Waals surface area contributed by atoms with Crippen molar-refractivity contribution in [1.29, 1.82) is 0 Å². The van der Waals surface area contributed by atoms with Crippen LogP contribution in [0.1, 0.15) is 78.1 Å². The molecule has 2 saturated carbocycles. The summed E-state index contributed by atoms with van der Waals surface area (Å²) >= 11 is 0. The molecule has 0 heterocycles. The van der Waals surface area contributed by atoms with Crippen LogP contribution in [0.3, 0.4) is 0 Å². The fourth-order valence-corrected chi connectivity index (χ4v) is 3.75. The molecule has 2 rings (SSSR count). The van der Waals surface area contributed by atoms with Crippen molar-refractivity contribution in [3.63, 3.8) is 0 Å². The van der Waals surface area contributed by atoms with Gasteiger partial charge in [0.1, 0.15) is 0 Å². The van der Waals surface area contributed by atoms with Gasteiger partial charge in [-0.1, -0.05) is 46.0 Å². The van der Waals surface area contributed by atoms with E-state index in [-0.39, 0.29) is 5.54 Å². The molecule has 0 saturated heterocycles. The van der Waals surface area contributed by atoms with Gasteiger partial charge in [-0.05, 0) is 43.4 Å². The minimum absolute atomic E-state index is 0.183. The van der Waals surface area contributed by atoms with Crippen LogP contribution in [0.25, 0.3) is 0 Å². The van der Waals surface area contributed by atoms with Gasteiger partial charge in [0.2, 0.25) is 0 Å². The van der Waals surface area contributed by atoms with E-state index in [1.54, 1.807) is 0 Å². The lowest BCUT2D eigenvalue weighted by Crippen LogP contribution is -2.41. The van der Waals surface area contributed by atoms with Crippen LogP contribution in [-0.4, -0.2) is 5.54 Å². The molecule has 0 aromatic carbocycles. The highest BCUT2D eigenvalue weighted by Crippen LogP contribution is 2.41. The molecule has 16 heavy (non-hydrogen) atoms. The van der Waals surface area contributed by atoms with E-state index in [4.69, 9.17) is 5.73 Å². The fraction of sp³-hybridized carbons (Fsp3) is 1.00. The minimum Gasteiger partial charge on any atom is -0.325 e. The van der Waals surface area contributed by atoms with E-state index in [0.29, 0.717) is 5.41 Å². The summed E-state index contributed by atoms with van der Waals surface area (Å²) in [7, 11) is 0. The number of nitrogens with two attached hydrogens (primary N) is 1. The van der Waals surface area contributed by atoms with E-state index in [0.717, 1.165) is 5.92 Å². The van der Waals surface area contributed by atoms with Crippen LogP contribution < -0.4 is 5.73 Å². The van der Waals surface area contributed by atoms with Crippen molar-refractivity contribution in [2.24, 2.45) is 17.1 Å². The molecule has 2 aliphatic rings. The lowest BCUT2D eigenvalue weighted by atomic mass is 9.80. The molecule has 2 fully saturated rings. The first-order valence-electron chi connectivity index (χ1n) is 7.28. The zero-order valence-corrected chi connectivity index (χ0v) is 11.2. The van der Waals surface area contributed by atoms with Crippen molar-refractivity contribution in [1.82, 2.24) is 0 Å². The summed E-state index contributed by atoms with van der Waals surface area (Å²) < 4.78 is 0. The monoisotopic (exact) mass is 223 g/mol. The predicted molar refractivity (Wildman–Crippen MR) is 70.4 cm³/mol. The van der Waals surface area contributed by atoms with Gasteiger partial charge in [0.15, 0.2) is 0 Å². The van der Waals surface area contributed by atoms with Crippen molar-refractivity contribution >= 4 is 0 Å². The SMILES string of the molecule is CC1(C)CCCC(N)(CC2CCCC2)CC1. The van der Waals surface area contributed by atoms with Gasteiger partial charge in [-0.25, -0.2) is 0 Å². The van der Waals surface area contributed by atoms with Gasteiger partial charge < -0.3 is 5.73 Å². The summed E-state index contributed by atoms with van der Waals surface area (Å²) in [6, 6.07) is 0. The molecule has 0 amide bonds. The second kappa shape index (κ2) is 4.68. The molecule has 1 atom stereocenters. The van der Waals surface area contributed by atoms with E-state index in [9.17, 15) is 0 Å². The normalized spacial score (nSPS) is 36.2. The Kier molecular flexibility index (Phi) is 3.63. The third-order valence-electron chi connectivity index (χ3n) is 5.00. The maximum Gasteiger partial charge on any atom is 0.0157 e. The van der Waals surface area contributed by atoms with Crippen molar-refractivity contribution < 1.29 is 0 Å². The Labute approximate surface area is 101 Å². The van der Waals surface area contributed by atoms with Gasteiger partial charge in [-0.2, -0.15) is 0 Å². The van der Waals surface area contributed by atoms with Crippen LogP contribution in [0.2, 0.25) is 0 Å². The number of hydrogen-bond acceptors (Lipinski definition) is 1. The van der Waals surface area contributed by atoms with Crippen LogP contribution in [0.4, 0.5) is 0 Å². The molecular formula is C15H29N. The number of rotatable bonds is 2. The molecule has 0 radical (unpaired) electrons. The Morgan fingerprint density at radius 1 is 0.938 bits per heavy atom. The predicted octanol–water partition coefficient (Wildman–Crippen LogP) is 4.25. The average molecular weight is 223 g/mol. The highest BCUT2D eigenvalue weighted by Gasteiger charge is 2.34. The van der Waals surface area contributed by atoms with Gasteiger partial charge in [0, 0.05) is 5.54 Å². The Hall–Kier alpha value is -0.0400. The summed E-state index contributed by atoms with van der Waals surface area (Å²) in [6.07, 6.45) is 13.7. The number of hydrogen-bond donors (Lipinski definition) is 1. The Morgan fingerprint density at radius 2 is 1.62 bits per heavy atom. The van der Waals surface area contributed by atoms with Gasteiger partial charge in [-0.3, -0.25) is 0 Å². The molecule has 2 N–H and O–H groups in total. The smallest absolute Gasteiger partial charge is 0.0157 e. The van der Waals surface area contributed by atoms with Gasteiger partial charge in [0.05, 0.1) is 0 Å². The molecule has 1 nitrogen and oxygen atoms in total. The fourth-order valence-electron chi connectivity index (χ4n) is 3.75. The molecule has 0 aromatic heterocycles. The zero-order valence-electron chi connectivity index (χ0n) is 11.2. The molecule has 2 aliphatic carbocycles. The van der Waals surface area contributed by atoms with E-state index in [1.807, 2.05) is 0 Å². The van der Waals surface area contributed by atoms with Crippen molar-refractivity contribution in [2.45, 2.75) is 83.6 Å². The van der Waals surface area contributed by atoms with Crippen LogP contribution >= 0.6 is 0 Å². The maximum absolute atomic E-state index is 6.66. The third kappa shape index (κ3) is 3.23. The van der Waals surface area contributed by atoms with Crippen LogP contribution in [-0.2, 0) is 0 Å². The van der Waals surface area contributed by atoms with Crippen molar-refractivity contribution in [3.8, 4) is 0 Å². The van der Waals surface area contributed by atoms with Gasteiger partial charge in [-0.15, -0.1) is 0 Å². The summed E-state index contributed by atoms with van der Waals surface area (Å²) in [5.41, 5.74) is 7.38. The maximum atomic E-state index is 6.66. The first-order chi connectivity index (χ1) is 7.49. The third-order valence-corrected chi connectivity index (χ3v) is 5.00. The van der Waals surface area contributed by atoms with E-state index >= 15 is 0 Å². The Bertz CT molecular complexity index is 228. The van der Waals surface area contributed by atoms with Crippen LogP contribution in [0.15, 0.2) is 0 Å². The van der Waals surface area contributed by atoms with Gasteiger partial charge in [0.25, 0.3) is 0 Å². The highest BCUT2D eigenvalue weighted by molar-refractivity contribution is 4.92. The topological polar surface area (TPSA) is 26.0 Å². The van der Waals surface area contributed by atoms with Gasteiger partial charge >= 0.3 is 0 Å². The van der Waals surface area contributed by atoms with E-state index < -0.39 is 0 Å².